The van der Waals surface area contributed by atoms with Crippen molar-refractivity contribution in [3.05, 3.63) is 0 Å². The molecule has 2 heterocycles. The second-order valence-corrected chi connectivity index (χ2v) is 8.77. The lowest BCUT2D eigenvalue weighted by atomic mass is 9.84. The van der Waals surface area contributed by atoms with Crippen molar-refractivity contribution in [3.63, 3.8) is 0 Å². The van der Waals surface area contributed by atoms with Gasteiger partial charge in [0.15, 0.2) is 12.6 Å². The smallest absolute Gasteiger partial charge is 0.186 e. The molecule has 15 atom stereocenters. The predicted octanol–water partition coefficient (Wildman–Crippen LogP) is -6.23. The largest absolute Gasteiger partial charge is 0.391 e. The Labute approximate surface area is 184 Å². The number of rotatable bonds is 5. The zero-order valence-electron chi connectivity index (χ0n) is 17.6. The molecule has 2 saturated heterocycles. The summed E-state index contributed by atoms with van der Waals surface area (Å²) in [5, 5.41) is 70.5. The van der Waals surface area contributed by atoms with E-state index in [1.807, 2.05) is 0 Å². The lowest BCUT2D eigenvalue weighted by molar-refractivity contribution is -0.320. The molecule has 3 fully saturated rings. The Hall–Kier alpha value is -0.560. The van der Waals surface area contributed by atoms with Gasteiger partial charge in [-0.3, -0.25) is 0 Å². The molecule has 3 aliphatic rings. The molecule has 0 aromatic carbocycles. The molecule has 0 aromatic heterocycles. The van der Waals surface area contributed by atoms with Crippen molar-refractivity contribution in [2.45, 2.75) is 105 Å². The van der Waals surface area contributed by atoms with E-state index in [4.69, 9.17) is 36.1 Å². The van der Waals surface area contributed by atoms with Gasteiger partial charge in [0.1, 0.15) is 54.9 Å². The van der Waals surface area contributed by atoms with Crippen LogP contribution in [0.2, 0.25) is 0 Å². The Kier molecular flexibility index (Phi) is 8.44. The number of hydrogen-bond donors (Lipinski definition) is 10. The molecule has 0 radical (unpaired) electrons. The van der Waals surface area contributed by atoms with Crippen LogP contribution < -0.4 is 17.2 Å². The lowest BCUT2D eigenvalue weighted by Crippen LogP contribution is -2.68. The van der Waals surface area contributed by atoms with Crippen LogP contribution in [0.25, 0.3) is 0 Å². The summed E-state index contributed by atoms with van der Waals surface area (Å²) in [6, 6.07) is -2.80. The van der Waals surface area contributed by atoms with Gasteiger partial charge < -0.3 is 71.9 Å². The second kappa shape index (κ2) is 10.4. The van der Waals surface area contributed by atoms with E-state index in [-0.39, 0.29) is 13.0 Å². The van der Waals surface area contributed by atoms with Crippen LogP contribution in [0.5, 0.6) is 0 Å². The molecule has 0 amide bonds. The molecular formula is C18H35N3O11. The number of aliphatic hydroxyl groups excluding tert-OH is 7. The average Bonchev–Trinajstić information content (AvgIpc) is 2.73. The van der Waals surface area contributed by atoms with Crippen molar-refractivity contribution < 1.29 is 54.7 Å². The first-order chi connectivity index (χ1) is 14.9. The van der Waals surface area contributed by atoms with Gasteiger partial charge in [-0.15, -0.1) is 0 Å². The minimum absolute atomic E-state index is 0.118. The van der Waals surface area contributed by atoms with Crippen LogP contribution in [0.3, 0.4) is 0 Å². The lowest BCUT2D eigenvalue weighted by Gasteiger charge is -2.48. The second-order valence-electron chi connectivity index (χ2n) is 8.77. The summed E-state index contributed by atoms with van der Waals surface area (Å²) in [5.74, 6) is 0. The Morgan fingerprint density at radius 2 is 1.34 bits per heavy atom. The summed E-state index contributed by atoms with van der Waals surface area (Å²) in [5.41, 5.74) is 18.1. The zero-order chi connectivity index (χ0) is 23.9. The molecule has 1 saturated carbocycles. The Bertz CT molecular complexity index is 619. The third-order valence-electron chi connectivity index (χ3n) is 6.26. The van der Waals surface area contributed by atoms with Crippen LogP contribution in [0.15, 0.2) is 0 Å². The van der Waals surface area contributed by atoms with E-state index in [0.29, 0.717) is 0 Å². The summed E-state index contributed by atoms with van der Waals surface area (Å²) >= 11 is 0. The number of hydrogen-bond acceptors (Lipinski definition) is 14. The summed E-state index contributed by atoms with van der Waals surface area (Å²) in [4.78, 5) is 0. The van der Waals surface area contributed by atoms with Crippen molar-refractivity contribution in [1.29, 1.82) is 0 Å². The van der Waals surface area contributed by atoms with Gasteiger partial charge in [0.05, 0.1) is 18.8 Å². The van der Waals surface area contributed by atoms with Gasteiger partial charge in [-0.2, -0.15) is 0 Å². The van der Waals surface area contributed by atoms with E-state index in [0.717, 1.165) is 0 Å². The minimum atomic E-state index is -1.59. The highest BCUT2D eigenvalue weighted by Gasteiger charge is 2.51. The van der Waals surface area contributed by atoms with Gasteiger partial charge >= 0.3 is 0 Å². The van der Waals surface area contributed by atoms with E-state index in [2.05, 4.69) is 0 Å². The SMILES string of the molecule is CC(O)[C@H]1O[C@H](O[C@H]2[C@H](O)[C@@H](O[C@H]3OC[C@@H](O)[C@H](O)[C@H]3O)[C@H](N)C[C@@H]2N)[C@H](N)[C@@H](O)[C@@H]1O. The minimum Gasteiger partial charge on any atom is -0.391 e. The Morgan fingerprint density at radius 1 is 0.781 bits per heavy atom. The maximum atomic E-state index is 10.9. The number of aliphatic hydroxyl groups is 7. The Morgan fingerprint density at radius 3 is 1.91 bits per heavy atom. The molecule has 0 spiro atoms. The van der Waals surface area contributed by atoms with Crippen LogP contribution in [0.4, 0.5) is 0 Å². The molecule has 14 nitrogen and oxygen atoms in total. The average molecular weight is 469 g/mol. The molecule has 188 valence electrons. The highest BCUT2D eigenvalue weighted by molar-refractivity contribution is 5.01. The van der Waals surface area contributed by atoms with Gasteiger partial charge in [0.25, 0.3) is 0 Å². The maximum absolute atomic E-state index is 10.9. The van der Waals surface area contributed by atoms with Crippen LogP contribution in [-0.2, 0) is 18.9 Å². The zero-order valence-corrected chi connectivity index (χ0v) is 17.6. The molecule has 14 heteroatoms. The first-order valence-corrected chi connectivity index (χ1v) is 10.5. The summed E-state index contributed by atoms with van der Waals surface area (Å²) in [6.45, 7) is 1.06. The number of ether oxygens (including phenoxy) is 4. The van der Waals surface area contributed by atoms with Gasteiger partial charge in [0, 0.05) is 12.1 Å². The predicted molar refractivity (Wildman–Crippen MR) is 104 cm³/mol. The fourth-order valence-electron chi connectivity index (χ4n) is 4.28. The summed E-state index contributed by atoms with van der Waals surface area (Å²) < 4.78 is 22.1. The van der Waals surface area contributed by atoms with Crippen molar-refractivity contribution >= 4 is 0 Å². The molecule has 13 N–H and O–H groups in total. The maximum Gasteiger partial charge on any atom is 0.186 e. The quantitative estimate of drug-likeness (QED) is 0.180. The summed E-state index contributed by atoms with van der Waals surface area (Å²) in [6.07, 6.45) is -16.0. The molecule has 3 rings (SSSR count). The highest BCUT2D eigenvalue weighted by Crippen LogP contribution is 2.30. The fraction of sp³-hybridized carbons (Fsp3) is 1.00. The van der Waals surface area contributed by atoms with Crippen LogP contribution in [-0.4, -0.2) is 134 Å². The summed E-state index contributed by atoms with van der Waals surface area (Å²) in [7, 11) is 0. The van der Waals surface area contributed by atoms with Crippen LogP contribution in [0, 0.1) is 0 Å². The van der Waals surface area contributed by atoms with E-state index in [1.165, 1.54) is 6.92 Å². The van der Waals surface area contributed by atoms with Crippen LogP contribution in [0.1, 0.15) is 13.3 Å². The van der Waals surface area contributed by atoms with Gasteiger partial charge in [-0.25, -0.2) is 0 Å². The molecule has 0 bridgehead atoms. The normalized spacial score (nSPS) is 53.7. The molecule has 1 unspecified atom stereocenters. The van der Waals surface area contributed by atoms with E-state index in [9.17, 15) is 35.7 Å². The molecule has 1 aliphatic carbocycles. The topological polar surface area (TPSA) is 257 Å². The van der Waals surface area contributed by atoms with E-state index < -0.39 is 91.7 Å². The van der Waals surface area contributed by atoms with Gasteiger partial charge in [0.2, 0.25) is 0 Å². The van der Waals surface area contributed by atoms with Gasteiger partial charge in [-0.05, 0) is 13.3 Å². The third-order valence-corrected chi connectivity index (χ3v) is 6.26. The molecule has 0 aromatic rings. The monoisotopic (exact) mass is 469 g/mol. The van der Waals surface area contributed by atoms with Crippen molar-refractivity contribution in [1.82, 2.24) is 0 Å². The highest BCUT2D eigenvalue weighted by atomic mass is 16.7. The first kappa shape index (κ1) is 26.1. The molecule has 32 heavy (non-hydrogen) atoms. The standard InChI is InChI=1S/C18H35N3O11/c1-4(22)14-11(26)10(25)8(21)17(30-14)31-15-5(19)2-6(20)16(13(15)28)32-18-12(27)9(24)7(23)3-29-18/h4-18,22-28H,2-3,19-21H2,1H3/t4?,5-,6+,7+,8+,9-,10+,11-,12+,13-,14+,15+,16-,17+,18+/m0/s1. The van der Waals surface area contributed by atoms with Crippen LogP contribution >= 0.6 is 0 Å². The molecule has 2 aliphatic heterocycles. The van der Waals surface area contributed by atoms with Crippen molar-refractivity contribution in [2.75, 3.05) is 6.61 Å². The number of nitrogens with two attached hydrogens (primary N) is 3. The van der Waals surface area contributed by atoms with Crippen molar-refractivity contribution in [2.24, 2.45) is 17.2 Å². The van der Waals surface area contributed by atoms with E-state index in [1.54, 1.807) is 0 Å². The fourth-order valence-corrected chi connectivity index (χ4v) is 4.28. The third kappa shape index (κ3) is 5.08. The van der Waals surface area contributed by atoms with E-state index >= 15 is 0 Å². The van der Waals surface area contributed by atoms with Crippen molar-refractivity contribution in [3.8, 4) is 0 Å². The Balaban J connectivity index is 1.71. The first-order valence-electron chi connectivity index (χ1n) is 10.5. The molecular weight excluding hydrogens is 434 g/mol. The van der Waals surface area contributed by atoms with Gasteiger partial charge in [-0.1, -0.05) is 0 Å².